The minimum Gasteiger partial charge on any atom is -0.481 e. The molecule has 96 valence electrons. The summed E-state index contributed by atoms with van der Waals surface area (Å²) < 4.78 is 7.01. The minimum atomic E-state index is -0.831. The van der Waals surface area contributed by atoms with Crippen molar-refractivity contribution in [3.8, 4) is 5.88 Å². The zero-order chi connectivity index (χ0) is 13.1. The van der Waals surface area contributed by atoms with Crippen LogP contribution in [-0.4, -0.2) is 39.0 Å². The summed E-state index contributed by atoms with van der Waals surface area (Å²) in [4.78, 5) is 19.2. The molecule has 0 saturated carbocycles. The number of nitrogens with zero attached hydrogens (tertiary/aromatic N) is 3. The van der Waals surface area contributed by atoms with Crippen LogP contribution in [-0.2, 0) is 11.3 Å². The van der Waals surface area contributed by atoms with E-state index in [-0.39, 0.29) is 6.42 Å². The second-order valence-corrected chi connectivity index (χ2v) is 4.38. The number of methoxy groups -OCH3 is 1. The normalized spacial score (nSPS) is 10.8. The van der Waals surface area contributed by atoms with Gasteiger partial charge in [0.05, 0.1) is 18.9 Å². The molecule has 2 rings (SSSR count). The van der Waals surface area contributed by atoms with Crippen molar-refractivity contribution < 1.29 is 14.6 Å². The lowest BCUT2D eigenvalue weighted by Gasteiger charge is -2.06. The van der Waals surface area contributed by atoms with Crippen molar-refractivity contribution in [2.75, 3.05) is 13.4 Å². The topological polar surface area (TPSA) is 77.2 Å². The third-order valence-corrected chi connectivity index (χ3v) is 3.05. The van der Waals surface area contributed by atoms with Gasteiger partial charge in [-0.25, -0.2) is 4.98 Å². The van der Waals surface area contributed by atoms with E-state index in [4.69, 9.17) is 9.84 Å². The fourth-order valence-corrected chi connectivity index (χ4v) is 2.01. The third kappa shape index (κ3) is 2.40. The lowest BCUT2D eigenvalue weighted by Crippen LogP contribution is -2.05. The summed E-state index contributed by atoms with van der Waals surface area (Å²) in [6.07, 6.45) is 3.74. The average Bonchev–Trinajstić information content (AvgIpc) is 2.78. The number of carboxylic acid groups (broad SMARTS) is 1. The van der Waals surface area contributed by atoms with Crippen LogP contribution < -0.4 is 4.74 Å². The van der Waals surface area contributed by atoms with Gasteiger partial charge in [0.1, 0.15) is 5.65 Å². The summed E-state index contributed by atoms with van der Waals surface area (Å²) in [6, 6.07) is 1.83. The monoisotopic (exact) mass is 267 g/mol. The van der Waals surface area contributed by atoms with Crippen LogP contribution in [0.4, 0.5) is 0 Å². The van der Waals surface area contributed by atoms with Crippen LogP contribution in [0.25, 0.3) is 11.0 Å². The second kappa shape index (κ2) is 5.26. The molecule has 0 radical (unpaired) electrons. The van der Waals surface area contributed by atoms with Crippen LogP contribution >= 0.6 is 11.8 Å². The molecular weight excluding hydrogens is 254 g/mol. The summed E-state index contributed by atoms with van der Waals surface area (Å²) in [5.74, 6) is -0.318. The lowest BCUT2D eigenvalue weighted by atomic mass is 10.4. The summed E-state index contributed by atoms with van der Waals surface area (Å²) in [7, 11) is 1.56. The second-order valence-electron chi connectivity index (χ2n) is 3.61. The fraction of sp³-hybridized carbons (Fsp3) is 0.364. The Balaban J connectivity index is 2.46. The first kappa shape index (κ1) is 12.7. The molecule has 0 saturated heterocycles. The van der Waals surface area contributed by atoms with Crippen molar-refractivity contribution in [1.29, 1.82) is 0 Å². The van der Waals surface area contributed by atoms with Crippen molar-refractivity contribution in [3.05, 3.63) is 12.3 Å². The summed E-state index contributed by atoms with van der Waals surface area (Å²) in [5.41, 5.74) is 0.701. The highest BCUT2D eigenvalue weighted by molar-refractivity contribution is 7.98. The average molecular weight is 267 g/mol. The molecule has 2 aromatic rings. The van der Waals surface area contributed by atoms with Crippen LogP contribution in [0, 0.1) is 0 Å². The number of aromatic nitrogens is 3. The van der Waals surface area contributed by atoms with E-state index in [0.29, 0.717) is 23.2 Å². The van der Waals surface area contributed by atoms with Gasteiger partial charge in [-0.05, 0) is 12.3 Å². The van der Waals surface area contributed by atoms with Gasteiger partial charge < -0.3 is 14.4 Å². The molecule has 0 aliphatic carbocycles. The number of carboxylic acids is 1. The Morgan fingerprint density at radius 2 is 2.33 bits per heavy atom. The van der Waals surface area contributed by atoms with E-state index in [1.54, 1.807) is 17.9 Å². The first-order chi connectivity index (χ1) is 8.65. The zero-order valence-corrected chi connectivity index (χ0v) is 10.9. The lowest BCUT2D eigenvalue weighted by molar-refractivity contribution is -0.137. The first-order valence-electron chi connectivity index (χ1n) is 5.32. The molecule has 0 bridgehead atoms. The number of hydrogen-bond acceptors (Lipinski definition) is 5. The molecule has 0 unspecified atom stereocenters. The molecule has 0 spiro atoms. The Bertz CT molecular complexity index is 582. The first-order valence-corrected chi connectivity index (χ1v) is 6.55. The molecule has 0 amide bonds. The molecule has 7 heteroatoms. The maximum atomic E-state index is 10.6. The van der Waals surface area contributed by atoms with Gasteiger partial charge in [0.25, 0.3) is 0 Å². The van der Waals surface area contributed by atoms with Crippen molar-refractivity contribution >= 4 is 28.8 Å². The van der Waals surface area contributed by atoms with E-state index < -0.39 is 5.97 Å². The van der Waals surface area contributed by atoms with Gasteiger partial charge in [-0.1, -0.05) is 11.8 Å². The highest BCUT2D eigenvalue weighted by Gasteiger charge is 2.12. The Hall–Kier alpha value is -1.76. The third-order valence-electron chi connectivity index (χ3n) is 2.51. The highest BCUT2D eigenvalue weighted by atomic mass is 32.2. The standard InChI is InChI=1S/C11H13N3O3S/c1-17-10-7-3-5-14(6-4-8(15)16)9(7)12-11(13-10)18-2/h3,5H,4,6H2,1-2H3,(H,15,16). The van der Waals surface area contributed by atoms with E-state index in [1.165, 1.54) is 11.8 Å². The van der Waals surface area contributed by atoms with Gasteiger partial charge in [0.2, 0.25) is 5.88 Å². The predicted octanol–water partition coefficient (Wildman–Crippen LogP) is 1.64. The van der Waals surface area contributed by atoms with E-state index in [1.807, 2.05) is 12.3 Å². The minimum absolute atomic E-state index is 0.0602. The van der Waals surface area contributed by atoms with Gasteiger partial charge in [-0.15, -0.1) is 0 Å². The van der Waals surface area contributed by atoms with Gasteiger partial charge in [0.15, 0.2) is 5.16 Å². The van der Waals surface area contributed by atoms with Crippen molar-refractivity contribution in [1.82, 2.24) is 14.5 Å². The fourth-order valence-electron chi connectivity index (χ4n) is 1.66. The van der Waals surface area contributed by atoms with E-state index in [2.05, 4.69) is 9.97 Å². The summed E-state index contributed by atoms with van der Waals surface area (Å²) in [5, 5.41) is 10.1. The molecular formula is C11H13N3O3S. The summed E-state index contributed by atoms with van der Waals surface area (Å²) >= 11 is 1.42. The zero-order valence-electron chi connectivity index (χ0n) is 10.1. The van der Waals surface area contributed by atoms with Crippen LogP contribution in [0.15, 0.2) is 17.4 Å². The quantitative estimate of drug-likeness (QED) is 0.655. The number of ether oxygens (including phenoxy) is 1. The molecule has 2 aromatic heterocycles. The maximum Gasteiger partial charge on any atom is 0.305 e. The molecule has 0 atom stereocenters. The van der Waals surface area contributed by atoms with Gasteiger partial charge in [0, 0.05) is 12.7 Å². The number of hydrogen-bond donors (Lipinski definition) is 1. The summed E-state index contributed by atoms with van der Waals surface area (Å²) in [6.45, 7) is 0.382. The molecule has 0 aromatic carbocycles. The Labute approximate surface area is 108 Å². The smallest absolute Gasteiger partial charge is 0.305 e. The largest absolute Gasteiger partial charge is 0.481 e. The van der Waals surface area contributed by atoms with E-state index in [9.17, 15) is 4.79 Å². The van der Waals surface area contributed by atoms with Crippen molar-refractivity contribution in [2.45, 2.75) is 18.1 Å². The van der Waals surface area contributed by atoms with Gasteiger partial charge in [-0.2, -0.15) is 4.98 Å². The van der Waals surface area contributed by atoms with E-state index >= 15 is 0 Å². The molecule has 0 aliphatic heterocycles. The van der Waals surface area contributed by atoms with E-state index in [0.717, 1.165) is 5.39 Å². The Kier molecular flexibility index (Phi) is 3.71. The number of thioether (sulfide) groups is 1. The van der Waals surface area contributed by atoms with Crippen LogP contribution in [0.5, 0.6) is 5.88 Å². The molecule has 2 heterocycles. The number of rotatable bonds is 5. The van der Waals surface area contributed by atoms with Crippen LogP contribution in [0.1, 0.15) is 6.42 Å². The van der Waals surface area contributed by atoms with Gasteiger partial charge >= 0.3 is 5.97 Å². The number of aliphatic carboxylic acids is 1. The van der Waals surface area contributed by atoms with Crippen LogP contribution in [0.2, 0.25) is 0 Å². The number of fused-ring (bicyclic) bond motifs is 1. The number of carbonyl (C=O) groups is 1. The molecule has 0 fully saturated rings. The van der Waals surface area contributed by atoms with Crippen molar-refractivity contribution in [2.24, 2.45) is 0 Å². The maximum absolute atomic E-state index is 10.6. The highest BCUT2D eigenvalue weighted by Crippen LogP contribution is 2.26. The Morgan fingerprint density at radius 1 is 1.56 bits per heavy atom. The molecule has 18 heavy (non-hydrogen) atoms. The SMILES string of the molecule is COc1nc(SC)nc2c1ccn2CCC(=O)O. The number of aryl methyl sites for hydroxylation is 1. The molecule has 1 N–H and O–H groups in total. The van der Waals surface area contributed by atoms with Crippen molar-refractivity contribution in [3.63, 3.8) is 0 Å². The van der Waals surface area contributed by atoms with Gasteiger partial charge in [-0.3, -0.25) is 4.79 Å². The predicted molar refractivity (Wildman–Crippen MR) is 68.1 cm³/mol. The van der Waals surface area contributed by atoms with Crippen LogP contribution in [0.3, 0.4) is 0 Å². The Morgan fingerprint density at radius 3 is 2.94 bits per heavy atom. The molecule has 0 aliphatic rings. The molecule has 6 nitrogen and oxygen atoms in total.